The number of rotatable bonds is 3. The van der Waals surface area contributed by atoms with Crippen molar-refractivity contribution in [1.82, 2.24) is 9.13 Å². The summed E-state index contributed by atoms with van der Waals surface area (Å²) in [5, 5.41) is 25.6. The van der Waals surface area contributed by atoms with E-state index in [1.165, 1.54) is 38.4 Å². The Hall–Kier alpha value is -6.88. The number of aromatic nitrogens is 2. The van der Waals surface area contributed by atoms with Gasteiger partial charge in [-0.3, -0.25) is 0 Å². The summed E-state index contributed by atoms with van der Waals surface area (Å²) in [5.74, 6) is 0. The van der Waals surface area contributed by atoms with Gasteiger partial charge in [-0.2, -0.15) is 10.5 Å². The molecule has 2 heterocycles. The van der Waals surface area contributed by atoms with E-state index in [0.717, 1.165) is 50.0 Å². The van der Waals surface area contributed by atoms with Crippen LogP contribution in [-0.2, 0) is 5.41 Å². The standard InChI is InChI=1S/C47H30N4/c1-47(2)40-15-7-3-11-33(40)38-23-24-39-36-14-6-10-18-43(36)51(46(39)45(38)47)44-25-29(27-48)19-21-37(44)32-22-20-31(26-30(32)28-49)50-41-16-8-4-12-34(41)35-13-5-9-17-42(35)50/h3-26H,1-2H3. The van der Waals surface area contributed by atoms with Crippen LogP contribution in [0.2, 0.25) is 0 Å². The maximum atomic E-state index is 10.8. The Bertz CT molecular complexity index is 2980. The molecule has 0 unspecified atom stereocenters. The summed E-state index contributed by atoms with van der Waals surface area (Å²) in [6.45, 7) is 4.62. The number of hydrogen-bond acceptors (Lipinski definition) is 2. The molecule has 0 atom stereocenters. The van der Waals surface area contributed by atoms with Crippen molar-refractivity contribution in [3.05, 3.63) is 168 Å². The lowest BCUT2D eigenvalue weighted by molar-refractivity contribution is 0.664. The molecule has 9 aromatic rings. The quantitative estimate of drug-likeness (QED) is 0.191. The molecule has 2 aromatic heterocycles. The molecule has 0 spiro atoms. The summed E-state index contributed by atoms with van der Waals surface area (Å²) in [4.78, 5) is 0. The number of nitriles is 2. The highest BCUT2D eigenvalue weighted by Gasteiger charge is 2.38. The van der Waals surface area contributed by atoms with E-state index in [0.29, 0.717) is 11.1 Å². The molecule has 10 rings (SSSR count). The minimum absolute atomic E-state index is 0.258. The molecule has 0 fully saturated rings. The molecule has 51 heavy (non-hydrogen) atoms. The molecule has 0 N–H and O–H groups in total. The predicted molar refractivity (Wildman–Crippen MR) is 208 cm³/mol. The molecule has 0 aliphatic heterocycles. The molecule has 0 saturated heterocycles. The third kappa shape index (κ3) is 3.93. The number of para-hydroxylation sites is 3. The third-order valence-corrected chi connectivity index (χ3v) is 11.0. The van der Waals surface area contributed by atoms with Crippen LogP contribution < -0.4 is 0 Å². The Balaban J connectivity index is 1.27. The van der Waals surface area contributed by atoms with Crippen LogP contribution in [0, 0.1) is 22.7 Å². The van der Waals surface area contributed by atoms with Crippen molar-refractivity contribution in [2.45, 2.75) is 19.3 Å². The monoisotopic (exact) mass is 650 g/mol. The lowest BCUT2D eigenvalue weighted by Gasteiger charge is -2.24. The predicted octanol–water partition coefficient (Wildman–Crippen LogP) is 11.6. The Morgan fingerprint density at radius 1 is 0.490 bits per heavy atom. The van der Waals surface area contributed by atoms with E-state index in [4.69, 9.17) is 0 Å². The van der Waals surface area contributed by atoms with E-state index in [9.17, 15) is 10.5 Å². The number of hydrogen-bond donors (Lipinski definition) is 0. The Labute approximate surface area is 295 Å². The zero-order valence-electron chi connectivity index (χ0n) is 28.1. The molecular formula is C47H30N4. The van der Waals surface area contributed by atoms with Gasteiger partial charge < -0.3 is 9.13 Å². The van der Waals surface area contributed by atoms with E-state index < -0.39 is 0 Å². The van der Waals surface area contributed by atoms with Crippen molar-refractivity contribution in [2.75, 3.05) is 0 Å². The number of nitrogens with zero attached hydrogens (tertiary/aromatic N) is 4. The van der Waals surface area contributed by atoms with Crippen molar-refractivity contribution in [3.63, 3.8) is 0 Å². The third-order valence-electron chi connectivity index (χ3n) is 11.0. The van der Waals surface area contributed by atoms with Gasteiger partial charge in [-0.1, -0.05) is 117 Å². The molecule has 238 valence electrons. The highest BCUT2D eigenvalue weighted by molar-refractivity contribution is 6.14. The summed E-state index contributed by atoms with van der Waals surface area (Å²) in [6.07, 6.45) is 0. The van der Waals surface area contributed by atoms with Gasteiger partial charge in [0.2, 0.25) is 0 Å². The van der Waals surface area contributed by atoms with Gasteiger partial charge in [-0.15, -0.1) is 0 Å². The van der Waals surface area contributed by atoms with Crippen molar-refractivity contribution in [2.24, 2.45) is 0 Å². The molecule has 7 aromatic carbocycles. The van der Waals surface area contributed by atoms with Crippen LogP contribution in [0.25, 0.3) is 77.2 Å². The first-order chi connectivity index (χ1) is 25.0. The summed E-state index contributed by atoms with van der Waals surface area (Å²) < 4.78 is 4.58. The summed E-state index contributed by atoms with van der Waals surface area (Å²) in [5.41, 5.74) is 13.9. The van der Waals surface area contributed by atoms with E-state index in [-0.39, 0.29) is 5.41 Å². The van der Waals surface area contributed by atoms with E-state index in [1.54, 1.807) is 0 Å². The molecule has 4 heteroatoms. The minimum atomic E-state index is -0.258. The van der Waals surface area contributed by atoms with Gasteiger partial charge >= 0.3 is 0 Å². The second-order valence-corrected chi connectivity index (χ2v) is 14.0. The fraction of sp³-hybridized carbons (Fsp3) is 0.0638. The molecule has 0 bridgehead atoms. The van der Waals surface area contributed by atoms with Gasteiger partial charge in [0.25, 0.3) is 0 Å². The second kappa shape index (κ2) is 10.6. The van der Waals surface area contributed by atoms with E-state index >= 15 is 0 Å². The number of fused-ring (bicyclic) bond motifs is 10. The lowest BCUT2D eigenvalue weighted by Crippen LogP contribution is -2.16. The van der Waals surface area contributed by atoms with Crippen molar-refractivity contribution in [3.8, 4) is 45.8 Å². The van der Waals surface area contributed by atoms with Crippen LogP contribution in [0.15, 0.2) is 146 Å². The minimum Gasteiger partial charge on any atom is -0.309 e. The molecular weight excluding hydrogens is 621 g/mol. The molecule has 4 nitrogen and oxygen atoms in total. The maximum Gasteiger partial charge on any atom is 0.0998 e. The van der Waals surface area contributed by atoms with Crippen molar-refractivity contribution < 1.29 is 0 Å². The SMILES string of the molecule is CC1(C)c2ccccc2-c2ccc3c4ccccc4n(-c4cc(C#N)ccc4-c4ccc(-n5c6ccccc6c6ccccc65)cc4C#N)c3c21. The molecule has 0 amide bonds. The molecule has 0 saturated carbocycles. The van der Waals surface area contributed by atoms with Crippen molar-refractivity contribution in [1.29, 1.82) is 10.5 Å². The highest BCUT2D eigenvalue weighted by atomic mass is 15.0. The second-order valence-electron chi connectivity index (χ2n) is 14.0. The van der Waals surface area contributed by atoms with Crippen LogP contribution in [-0.4, -0.2) is 9.13 Å². The maximum absolute atomic E-state index is 10.8. The Kier molecular flexibility index (Phi) is 6.02. The van der Waals surface area contributed by atoms with Crippen molar-refractivity contribution >= 4 is 43.6 Å². The van der Waals surface area contributed by atoms with Crippen LogP contribution in [0.4, 0.5) is 0 Å². The van der Waals surface area contributed by atoms with Crippen LogP contribution >= 0.6 is 0 Å². The molecule has 1 aliphatic rings. The van der Waals surface area contributed by atoms with Gasteiger partial charge in [0, 0.05) is 43.8 Å². The first-order valence-electron chi connectivity index (χ1n) is 17.2. The van der Waals surface area contributed by atoms with Gasteiger partial charge in [0.15, 0.2) is 0 Å². The van der Waals surface area contributed by atoms with Gasteiger partial charge in [0.05, 0.1) is 51.0 Å². The number of benzene rings is 7. The van der Waals surface area contributed by atoms with Gasteiger partial charge in [-0.05, 0) is 64.7 Å². The molecule has 0 radical (unpaired) electrons. The van der Waals surface area contributed by atoms with E-state index in [2.05, 4.69) is 156 Å². The fourth-order valence-electron chi connectivity index (χ4n) is 8.78. The zero-order valence-corrected chi connectivity index (χ0v) is 28.1. The smallest absolute Gasteiger partial charge is 0.0998 e. The van der Waals surface area contributed by atoms with Crippen LogP contribution in [0.1, 0.15) is 36.1 Å². The zero-order chi connectivity index (χ0) is 34.4. The lowest BCUT2D eigenvalue weighted by atomic mass is 9.81. The largest absolute Gasteiger partial charge is 0.309 e. The highest BCUT2D eigenvalue weighted by Crippen LogP contribution is 2.53. The van der Waals surface area contributed by atoms with Gasteiger partial charge in [0.1, 0.15) is 0 Å². The average Bonchev–Trinajstić information content (AvgIpc) is 3.78. The Morgan fingerprint density at radius 2 is 1.08 bits per heavy atom. The topological polar surface area (TPSA) is 57.4 Å². The van der Waals surface area contributed by atoms with Crippen LogP contribution in [0.3, 0.4) is 0 Å². The Morgan fingerprint density at radius 3 is 1.76 bits per heavy atom. The summed E-state index contributed by atoms with van der Waals surface area (Å²) in [7, 11) is 0. The summed E-state index contributed by atoms with van der Waals surface area (Å²) in [6, 6.07) is 55.5. The molecule has 1 aliphatic carbocycles. The van der Waals surface area contributed by atoms with E-state index in [1.807, 2.05) is 24.3 Å². The average molecular weight is 651 g/mol. The first-order valence-corrected chi connectivity index (χ1v) is 17.2. The first kappa shape index (κ1) is 29.1. The normalized spacial score (nSPS) is 13.0. The fourth-order valence-corrected chi connectivity index (χ4v) is 8.78. The van der Waals surface area contributed by atoms with Gasteiger partial charge in [-0.25, -0.2) is 0 Å². The van der Waals surface area contributed by atoms with Crippen LogP contribution in [0.5, 0.6) is 0 Å². The summed E-state index contributed by atoms with van der Waals surface area (Å²) >= 11 is 0.